The second kappa shape index (κ2) is 7.56. The highest BCUT2D eigenvalue weighted by molar-refractivity contribution is 7.16. The van der Waals surface area contributed by atoms with Gasteiger partial charge in [0.2, 0.25) is 5.91 Å². The molecule has 0 bridgehead atoms. The predicted molar refractivity (Wildman–Crippen MR) is 101 cm³/mol. The van der Waals surface area contributed by atoms with E-state index in [4.69, 9.17) is 11.6 Å². The normalized spacial score (nSPS) is 25.7. The van der Waals surface area contributed by atoms with Crippen molar-refractivity contribution >= 4 is 40.8 Å². The Labute approximate surface area is 162 Å². The summed E-state index contributed by atoms with van der Waals surface area (Å²) < 4.78 is 0.672. The van der Waals surface area contributed by atoms with Crippen molar-refractivity contribution in [3.05, 3.63) is 21.3 Å². The van der Waals surface area contributed by atoms with Gasteiger partial charge in [-0.05, 0) is 37.8 Å². The minimum absolute atomic E-state index is 0.0864. The number of likely N-dealkylation sites (N-methyl/N-ethyl adjacent to an activating group) is 1. The molecule has 8 heteroatoms. The molecule has 0 unspecified atom stereocenters. The molecule has 1 aliphatic heterocycles. The molecule has 1 aromatic rings. The van der Waals surface area contributed by atoms with Crippen LogP contribution in [0.2, 0.25) is 4.34 Å². The monoisotopic (exact) mass is 397 g/mol. The van der Waals surface area contributed by atoms with E-state index in [2.05, 4.69) is 5.32 Å². The molecular formula is C18H24ClN3O3S. The topological polar surface area (TPSA) is 69.7 Å². The minimum Gasteiger partial charge on any atom is -0.336 e. The van der Waals surface area contributed by atoms with E-state index in [0.717, 1.165) is 29.0 Å². The number of carbonyl (C=O) groups excluding carboxylic acids is 3. The van der Waals surface area contributed by atoms with E-state index in [1.165, 1.54) is 11.3 Å². The van der Waals surface area contributed by atoms with E-state index in [1.54, 1.807) is 11.0 Å². The van der Waals surface area contributed by atoms with Gasteiger partial charge in [0.05, 0.1) is 10.9 Å². The van der Waals surface area contributed by atoms with Gasteiger partial charge in [0.15, 0.2) is 0 Å². The van der Waals surface area contributed by atoms with Crippen LogP contribution in [0, 0.1) is 5.92 Å². The summed E-state index contributed by atoms with van der Waals surface area (Å²) in [6, 6.07) is 3.23. The predicted octanol–water partition coefficient (Wildman–Crippen LogP) is 3.25. The largest absolute Gasteiger partial charge is 0.336 e. The van der Waals surface area contributed by atoms with E-state index in [1.807, 2.05) is 19.9 Å². The van der Waals surface area contributed by atoms with Crippen molar-refractivity contribution in [2.24, 2.45) is 5.92 Å². The Morgan fingerprint density at radius 1 is 1.42 bits per heavy atom. The van der Waals surface area contributed by atoms with E-state index in [9.17, 15) is 14.4 Å². The van der Waals surface area contributed by atoms with Crippen molar-refractivity contribution in [2.75, 3.05) is 13.1 Å². The van der Waals surface area contributed by atoms with Crippen molar-refractivity contribution in [2.45, 2.75) is 51.6 Å². The van der Waals surface area contributed by atoms with Crippen LogP contribution < -0.4 is 5.32 Å². The molecular weight excluding hydrogens is 374 g/mol. The number of thiophene rings is 1. The number of rotatable bonds is 5. The lowest BCUT2D eigenvalue weighted by Gasteiger charge is -2.36. The second-order valence-corrected chi connectivity index (χ2v) is 8.85. The maximum Gasteiger partial charge on any atom is 0.325 e. The number of halogens is 1. The molecule has 2 fully saturated rings. The van der Waals surface area contributed by atoms with E-state index >= 15 is 0 Å². The molecule has 1 N–H and O–H groups in total. The van der Waals surface area contributed by atoms with Gasteiger partial charge in [0.25, 0.3) is 5.91 Å². The molecule has 1 aliphatic carbocycles. The molecule has 0 radical (unpaired) electrons. The number of amides is 4. The first-order valence-electron chi connectivity index (χ1n) is 9.03. The van der Waals surface area contributed by atoms with Crippen LogP contribution >= 0.6 is 22.9 Å². The third-order valence-corrected chi connectivity index (χ3v) is 6.72. The molecule has 3 rings (SSSR count). The van der Waals surface area contributed by atoms with Crippen LogP contribution in [0.4, 0.5) is 4.79 Å². The van der Waals surface area contributed by atoms with Crippen molar-refractivity contribution in [3.63, 3.8) is 0 Å². The summed E-state index contributed by atoms with van der Waals surface area (Å²) in [6.45, 7) is 4.59. The van der Waals surface area contributed by atoms with Crippen LogP contribution in [-0.4, -0.2) is 46.3 Å². The number of nitrogens with zero attached hydrogens (tertiary/aromatic N) is 2. The van der Waals surface area contributed by atoms with Gasteiger partial charge in [-0.15, -0.1) is 11.3 Å². The molecule has 6 nitrogen and oxygen atoms in total. The Morgan fingerprint density at radius 3 is 2.81 bits per heavy atom. The molecule has 2 heterocycles. The zero-order valence-electron chi connectivity index (χ0n) is 15.1. The summed E-state index contributed by atoms with van der Waals surface area (Å²) in [5, 5.41) is 2.89. The summed E-state index contributed by atoms with van der Waals surface area (Å²) in [4.78, 5) is 41.8. The Hall–Kier alpha value is -1.60. The highest BCUT2D eigenvalue weighted by atomic mass is 35.5. The lowest BCUT2D eigenvalue weighted by atomic mass is 9.73. The number of imide groups is 1. The molecule has 1 aromatic heterocycles. The van der Waals surface area contributed by atoms with Crippen LogP contribution in [0.1, 0.15) is 44.4 Å². The zero-order valence-corrected chi connectivity index (χ0v) is 16.7. The van der Waals surface area contributed by atoms with Crippen LogP contribution in [0.3, 0.4) is 0 Å². The Balaban J connectivity index is 1.69. The van der Waals surface area contributed by atoms with Crippen LogP contribution in [-0.2, 0) is 16.1 Å². The molecule has 26 heavy (non-hydrogen) atoms. The fraction of sp³-hybridized carbons (Fsp3) is 0.611. The average Bonchev–Trinajstić information content (AvgIpc) is 3.12. The first-order chi connectivity index (χ1) is 12.4. The molecule has 1 saturated carbocycles. The third-order valence-electron chi connectivity index (χ3n) is 5.50. The zero-order chi connectivity index (χ0) is 18.9. The second-order valence-electron chi connectivity index (χ2n) is 7.05. The summed E-state index contributed by atoms with van der Waals surface area (Å²) in [5.74, 6) is -0.400. The van der Waals surface area contributed by atoms with Crippen molar-refractivity contribution < 1.29 is 14.4 Å². The minimum atomic E-state index is -0.825. The van der Waals surface area contributed by atoms with Gasteiger partial charge in [-0.2, -0.15) is 0 Å². The summed E-state index contributed by atoms with van der Waals surface area (Å²) in [6.07, 6.45) is 3.54. The number of nitrogens with one attached hydrogen (secondary N) is 1. The Bertz CT molecular complexity index is 722. The standard InChI is InChI=1S/C18H24ClN3O3S/c1-3-21(10-13-7-8-14(19)26-13)15(23)11-22-16(24)18(20-17(22)25)9-5-4-6-12(18)2/h7-8,12H,3-6,9-11H2,1-2H3,(H,20,25)/t12-,18+/m0/s1. The van der Waals surface area contributed by atoms with Gasteiger partial charge in [0.1, 0.15) is 12.1 Å². The molecule has 142 valence electrons. The lowest BCUT2D eigenvalue weighted by Crippen LogP contribution is -2.54. The fourth-order valence-electron chi connectivity index (χ4n) is 3.88. The fourth-order valence-corrected chi connectivity index (χ4v) is 4.98. The number of hydrogen-bond acceptors (Lipinski definition) is 4. The van der Waals surface area contributed by atoms with Crippen molar-refractivity contribution in [1.82, 2.24) is 15.1 Å². The average molecular weight is 398 g/mol. The highest BCUT2D eigenvalue weighted by Crippen LogP contribution is 2.38. The highest BCUT2D eigenvalue weighted by Gasteiger charge is 2.55. The van der Waals surface area contributed by atoms with Gasteiger partial charge in [-0.3, -0.25) is 14.5 Å². The Kier molecular flexibility index (Phi) is 5.58. The van der Waals surface area contributed by atoms with Gasteiger partial charge in [0, 0.05) is 11.4 Å². The molecule has 1 saturated heterocycles. The van der Waals surface area contributed by atoms with E-state index < -0.39 is 11.6 Å². The lowest BCUT2D eigenvalue weighted by molar-refractivity contribution is -0.140. The maximum atomic E-state index is 13.0. The molecule has 1 spiro atoms. The van der Waals surface area contributed by atoms with Crippen LogP contribution in [0.15, 0.2) is 12.1 Å². The van der Waals surface area contributed by atoms with Crippen LogP contribution in [0.25, 0.3) is 0 Å². The third kappa shape index (κ3) is 3.47. The molecule has 0 aromatic carbocycles. The van der Waals surface area contributed by atoms with E-state index in [-0.39, 0.29) is 24.3 Å². The van der Waals surface area contributed by atoms with Crippen LogP contribution in [0.5, 0.6) is 0 Å². The Morgan fingerprint density at radius 2 is 2.19 bits per heavy atom. The quantitative estimate of drug-likeness (QED) is 0.775. The van der Waals surface area contributed by atoms with Gasteiger partial charge in [-0.1, -0.05) is 31.4 Å². The summed E-state index contributed by atoms with van der Waals surface area (Å²) >= 11 is 7.37. The smallest absolute Gasteiger partial charge is 0.325 e. The summed E-state index contributed by atoms with van der Waals surface area (Å²) in [5.41, 5.74) is -0.825. The molecule has 2 aliphatic rings. The molecule has 2 atom stereocenters. The number of urea groups is 1. The van der Waals surface area contributed by atoms with Gasteiger partial charge in [-0.25, -0.2) is 4.79 Å². The van der Waals surface area contributed by atoms with Gasteiger partial charge < -0.3 is 10.2 Å². The maximum absolute atomic E-state index is 13.0. The van der Waals surface area contributed by atoms with Gasteiger partial charge >= 0.3 is 6.03 Å². The molecule has 4 amide bonds. The van der Waals surface area contributed by atoms with E-state index in [0.29, 0.717) is 23.8 Å². The number of carbonyl (C=O) groups is 3. The number of hydrogen-bond donors (Lipinski definition) is 1. The first kappa shape index (κ1) is 19.2. The van der Waals surface area contributed by atoms with Crippen molar-refractivity contribution in [1.29, 1.82) is 0 Å². The first-order valence-corrected chi connectivity index (χ1v) is 10.2. The summed E-state index contributed by atoms with van der Waals surface area (Å²) in [7, 11) is 0. The SMILES string of the molecule is CCN(Cc1ccc(Cl)s1)C(=O)CN1C(=O)N[C@@]2(CCCC[C@@H]2C)C1=O. The van der Waals surface area contributed by atoms with Crippen molar-refractivity contribution in [3.8, 4) is 0 Å².